The summed E-state index contributed by atoms with van der Waals surface area (Å²) in [6, 6.07) is 10.2. The number of methoxy groups -OCH3 is 1. The van der Waals surface area contributed by atoms with Crippen molar-refractivity contribution >= 4 is 46.4 Å². The van der Waals surface area contributed by atoms with E-state index >= 15 is 0 Å². The van der Waals surface area contributed by atoms with Gasteiger partial charge in [-0.25, -0.2) is 0 Å². The fraction of sp³-hybridized carbons (Fsp3) is 0.263. The molecule has 7 heteroatoms. The summed E-state index contributed by atoms with van der Waals surface area (Å²) in [6.45, 7) is 1.83. The number of ether oxygens (including phenoxy) is 1. The van der Waals surface area contributed by atoms with Crippen molar-refractivity contribution in [1.29, 1.82) is 0 Å². The third-order valence-corrected chi connectivity index (χ3v) is 5.07. The maximum absolute atomic E-state index is 12.8. The highest BCUT2D eigenvalue weighted by molar-refractivity contribution is 6.32. The van der Waals surface area contributed by atoms with Crippen LogP contribution >= 0.6 is 23.2 Å². The molecule has 1 aliphatic rings. The lowest BCUT2D eigenvalue weighted by atomic mass is 10.0. The molecule has 2 aromatic rings. The van der Waals surface area contributed by atoms with Crippen molar-refractivity contribution in [1.82, 2.24) is 0 Å². The highest BCUT2D eigenvalue weighted by atomic mass is 35.5. The maximum Gasteiger partial charge on any atom is 0.240 e. The summed E-state index contributed by atoms with van der Waals surface area (Å²) in [5, 5.41) is 6.62. The van der Waals surface area contributed by atoms with Crippen LogP contribution in [0.3, 0.4) is 0 Å². The van der Waals surface area contributed by atoms with Crippen LogP contribution in [0.4, 0.5) is 11.4 Å². The van der Waals surface area contributed by atoms with Gasteiger partial charge in [0.2, 0.25) is 11.8 Å². The van der Waals surface area contributed by atoms with Crippen molar-refractivity contribution in [3.8, 4) is 5.75 Å². The second-order valence-electron chi connectivity index (χ2n) is 6.30. The minimum atomic E-state index is -1.08. The molecule has 0 spiro atoms. The van der Waals surface area contributed by atoms with Gasteiger partial charge >= 0.3 is 0 Å². The first-order chi connectivity index (χ1) is 12.4. The molecule has 0 heterocycles. The van der Waals surface area contributed by atoms with E-state index in [4.69, 9.17) is 27.9 Å². The Hall–Kier alpha value is -2.24. The number of hydrogen-bond acceptors (Lipinski definition) is 3. The minimum Gasteiger partial charge on any atom is -0.495 e. The Morgan fingerprint density at radius 2 is 1.77 bits per heavy atom. The quantitative estimate of drug-likeness (QED) is 0.726. The number of benzene rings is 2. The van der Waals surface area contributed by atoms with Gasteiger partial charge in [-0.3, -0.25) is 9.59 Å². The maximum atomic E-state index is 12.8. The van der Waals surface area contributed by atoms with Crippen molar-refractivity contribution in [2.24, 2.45) is 5.41 Å². The Balaban J connectivity index is 1.77. The predicted octanol–water partition coefficient (Wildman–Crippen LogP) is 4.67. The van der Waals surface area contributed by atoms with Crippen LogP contribution in [0.25, 0.3) is 0 Å². The highest BCUT2D eigenvalue weighted by Crippen LogP contribution is 2.48. The number of carbonyl (C=O) groups is 2. The molecule has 26 heavy (non-hydrogen) atoms. The van der Waals surface area contributed by atoms with Gasteiger partial charge < -0.3 is 15.4 Å². The van der Waals surface area contributed by atoms with Gasteiger partial charge in [-0.1, -0.05) is 29.3 Å². The molecule has 2 N–H and O–H groups in total. The second kappa shape index (κ2) is 7.17. The van der Waals surface area contributed by atoms with Crippen molar-refractivity contribution in [2.45, 2.75) is 19.8 Å². The molecule has 0 bridgehead atoms. The van der Waals surface area contributed by atoms with Gasteiger partial charge in [0.25, 0.3) is 0 Å². The zero-order chi connectivity index (χ0) is 18.9. The zero-order valence-electron chi connectivity index (χ0n) is 14.4. The van der Waals surface area contributed by atoms with Crippen LogP contribution in [0.1, 0.15) is 18.4 Å². The van der Waals surface area contributed by atoms with E-state index in [1.165, 1.54) is 7.11 Å². The largest absolute Gasteiger partial charge is 0.495 e. The summed E-state index contributed by atoms with van der Waals surface area (Å²) >= 11 is 12.0. The number of amides is 2. The first kappa shape index (κ1) is 18.5. The van der Waals surface area contributed by atoms with Gasteiger partial charge in [-0.2, -0.15) is 0 Å². The van der Waals surface area contributed by atoms with Crippen LogP contribution < -0.4 is 15.4 Å². The van der Waals surface area contributed by atoms with Gasteiger partial charge in [0.15, 0.2) is 0 Å². The van der Waals surface area contributed by atoms with Crippen LogP contribution in [-0.2, 0) is 9.59 Å². The third kappa shape index (κ3) is 3.64. The molecule has 0 atom stereocenters. The molecule has 1 saturated carbocycles. The Morgan fingerprint density at radius 3 is 2.38 bits per heavy atom. The van der Waals surface area contributed by atoms with Gasteiger partial charge in [-0.15, -0.1) is 0 Å². The van der Waals surface area contributed by atoms with Crippen LogP contribution in [0.15, 0.2) is 36.4 Å². The van der Waals surface area contributed by atoms with Crippen molar-refractivity contribution in [2.75, 3.05) is 17.7 Å². The lowest BCUT2D eigenvalue weighted by Crippen LogP contribution is -2.35. The summed E-state index contributed by atoms with van der Waals surface area (Å²) in [7, 11) is 1.50. The molecule has 5 nitrogen and oxygen atoms in total. The first-order valence-corrected chi connectivity index (χ1v) is 8.84. The lowest BCUT2D eigenvalue weighted by molar-refractivity contribution is -0.131. The number of anilines is 2. The Morgan fingerprint density at radius 1 is 1.08 bits per heavy atom. The summed E-state index contributed by atoms with van der Waals surface area (Å²) in [6.07, 6.45) is 0.972. The van der Waals surface area contributed by atoms with E-state index in [2.05, 4.69) is 10.6 Å². The number of halogens is 2. The number of aryl methyl sites for hydroxylation is 1. The fourth-order valence-corrected chi connectivity index (χ4v) is 3.01. The lowest BCUT2D eigenvalue weighted by Gasteiger charge is -2.17. The summed E-state index contributed by atoms with van der Waals surface area (Å²) < 4.78 is 5.27. The van der Waals surface area contributed by atoms with Crippen molar-refractivity contribution in [3.63, 3.8) is 0 Å². The van der Waals surface area contributed by atoms with E-state index in [1.54, 1.807) is 36.4 Å². The predicted molar refractivity (Wildman–Crippen MR) is 103 cm³/mol. The van der Waals surface area contributed by atoms with Gasteiger partial charge in [-0.05, 0) is 49.6 Å². The molecule has 3 rings (SSSR count). The molecule has 0 radical (unpaired) electrons. The molecule has 2 aromatic carbocycles. The summed E-state index contributed by atoms with van der Waals surface area (Å²) in [5.74, 6) is -0.265. The number of carbonyl (C=O) groups excluding carboxylic acids is 2. The average Bonchev–Trinajstić information content (AvgIpc) is 3.40. The van der Waals surface area contributed by atoms with E-state index in [1.807, 2.05) is 6.92 Å². The van der Waals surface area contributed by atoms with Crippen LogP contribution in [0.5, 0.6) is 5.75 Å². The molecule has 1 fully saturated rings. The van der Waals surface area contributed by atoms with Gasteiger partial charge in [0.05, 0.1) is 12.8 Å². The minimum absolute atomic E-state index is 0.345. The smallest absolute Gasteiger partial charge is 0.240 e. The van der Waals surface area contributed by atoms with E-state index in [0.29, 0.717) is 40.0 Å². The summed E-state index contributed by atoms with van der Waals surface area (Å²) in [4.78, 5) is 25.4. The van der Waals surface area contributed by atoms with E-state index in [0.717, 1.165) is 5.56 Å². The van der Waals surface area contributed by atoms with Crippen LogP contribution in [0, 0.1) is 12.3 Å². The highest BCUT2D eigenvalue weighted by Gasteiger charge is 2.56. The summed E-state index contributed by atoms with van der Waals surface area (Å²) in [5.41, 5.74) is 0.764. The Bertz CT molecular complexity index is 879. The molecule has 0 aromatic heterocycles. The Labute approximate surface area is 161 Å². The molecular weight excluding hydrogens is 375 g/mol. The molecule has 0 saturated heterocycles. The van der Waals surface area contributed by atoms with E-state index in [9.17, 15) is 9.59 Å². The monoisotopic (exact) mass is 392 g/mol. The van der Waals surface area contributed by atoms with Gasteiger partial charge in [0, 0.05) is 21.8 Å². The topological polar surface area (TPSA) is 67.4 Å². The number of hydrogen-bond donors (Lipinski definition) is 2. The standard InChI is InChI=1S/C19H18Cl2N2O3/c1-11-8-15(16(26-2)10-14(11)21)23-18(25)19(6-7-19)17(24)22-13-5-3-4-12(20)9-13/h3-5,8-10H,6-7H2,1-2H3,(H,22,24)(H,23,25). The third-order valence-electron chi connectivity index (χ3n) is 4.43. The molecule has 1 aliphatic carbocycles. The van der Waals surface area contributed by atoms with Crippen molar-refractivity contribution in [3.05, 3.63) is 52.0 Å². The molecular formula is C19H18Cl2N2O3. The molecule has 0 unspecified atom stereocenters. The van der Waals surface area contributed by atoms with Gasteiger partial charge in [0.1, 0.15) is 11.2 Å². The van der Waals surface area contributed by atoms with Crippen molar-refractivity contribution < 1.29 is 14.3 Å². The second-order valence-corrected chi connectivity index (χ2v) is 7.15. The normalized spacial score (nSPS) is 14.5. The number of rotatable bonds is 5. The molecule has 136 valence electrons. The Kier molecular flexibility index (Phi) is 5.12. The van der Waals surface area contributed by atoms with E-state index < -0.39 is 5.41 Å². The fourth-order valence-electron chi connectivity index (χ4n) is 2.67. The molecule has 2 amide bonds. The van der Waals surface area contributed by atoms with Crippen LogP contribution in [0.2, 0.25) is 10.0 Å². The zero-order valence-corrected chi connectivity index (χ0v) is 15.9. The molecule has 0 aliphatic heterocycles. The first-order valence-electron chi connectivity index (χ1n) is 8.08. The van der Waals surface area contributed by atoms with E-state index in [-0.39, 0.29) is 11.8 Å². The number of nitrogens with one attached hydrogen (secondary N) is 2. The SMILES string of the molecule is COc1cc(Cl)c(C)cc1NC(=O)C1(C(=O)Nc2cccc(Cl)c2)CC1. The van der Waals surface area contributed by atoms with Crippen LogP contribution in [-0.4, -0.2) is 18.9 Å². The average molecular weight is 393 g/mol.